The largest absolute Gasteiger partial charge is 0.456 e. The summed E-state index contributed by atoms with van der Waals surface area (Å²) in [4.78, 5) is 0. The van der Waals surface area contributed by atoms with Crippen LogP contribution in [0, 0.1) is 0 Å². The monoisotopic (exact) mass is 180 g/mol. The first-order chi connectivity index (χ1) is 4.73. The normalized spacial score (nSPS) is 16.6. The summed E-state index contributed by atoms with van der Waals surface area (Å²) in [6.07, 6.45) is -9.79. The van der Waals surface area contributed by atoms with Crippen molar-refractivity contribution in [2.24, 2.45) is 0 Å². The quantitative estimate of drug-likeness (QED) is 0.573. The maximum Gasteiger partial charge on any atom is 0.456 e. The third-order valence-corrected chi connectivity index (χ3v) is 1.13. The van der Waals surface area contributed by atoms with Crippen LogP contribution in [0.15, 0.2) is 0 Å². The Hall–Kier alpha value is -0.420. The molecule has 0 radical (unpaired) electrons. The van der Waals surface area contributed by atoms with Gasteiger partial charge in [0, 0.05) is 0 Å². The lowest BCUT2D eigenvalue weighted by Crippen LogP contribution is -2.44. The van der Waals surface area contributed by atoms with Crippen molar-refractivity contribution in [1.29, 1.82) is 0 Å². The molecule has 0 nitrogen and oxygen atoms in total. The van der Waals surface area contributed by atoms with E-state index in [0.717, 1.165) is 6.92 Å². The third-order valence-electron chi connectivity index (χ3n) is 1.13. The van der Waals surface area contributed by atoms with Crippen molar-refractivity contribution in [2.75, 3.05) is 0 Å². The SMILES string of the molecule is CCC(F)C(F)(F)C(F)(F)F. The van der Waals surface area contributed by atoms with E-state index in [0.29, 0.717) is 0 Å². The van der Waals surface area contributed by atoms with Gasteiger partial charge < -0.3 is 0 Å². The Morgan fingerprint density at radius 3 is 1.55 bits per heavy atom. The molecule has 0 saturated carbocycles. The molecule has 0 heterocycles. The highest BCUT2D eigenvalue weighted by Gasteiger charge is 2.62. The zero-order chi connectivity index (χ0) is 9.28. The summed E-state index contributed by atoms with van der Waals surface area (Å²) >= 11 is 0. The van der Waals surface area contributed by atoms with Crippen LogP contribution in [-0.4, -0.2) is 18.3 Å². The summed E-state index contributed by atoms with van der Waals surface area (Å²) in [6.45, 7) is 0.921. The summed E-state index contributed by atoms with van der Waals surface area (Å²) in [7, 11) is 0. The highest BCUT2D eigenvalue weighted by molar-refractivity contribution is 4.83. The molecule has 0 aliphatic carbocycles. The minimum atomic E-state index is -5.79. The number of alkyl halides is 6. The summed E-state index contributed by atoms with van der Waals surface area (Å²) in [5.41, 5.74) is 0. The van der Waals surface area contributed by atoms with Gasteiger partial charge in [0.05, 0.1) is 0 Å². The van der Waals surface area contributed by atoms with Crippen molar-refractivity contribution in [1.82, 2.24) is 0 Å². The first kappa shape index (κ1) is 10.6. The third kappa shape index (κ3) is 2.00. The predicted molar refractivity (Wildman–Crippen MR) is 26.2 cm³/mol. The van der Waals surface area contributed by atoms with Crippen molar-refractivity contribution >= 4 is 0 Å². The molecule has 0 aliphatic heterocycles. The number of halogens is 6. The molecule has 6 heteroatoms. The first-order valence-corrected chi connectivity index (χ1v) is 2.82. The molecule has 0 rings (SSSR count). The smallest absolute Gasteiger partial charge is 0.240 e. The minimum Gasteiger partial charge on any atom is -0.240 e. The molecule has 1 unspecified atom stereocenters. The molecule has 0 spiro atoms. The maximum absolute atomic E-state index is 11.9. The molecule has 0 aromatic heterocycles. The van der Waals surface area contributed by atoms with Crippen LogP contribution in [0.3, 0.4) is 0 Å². The standard InChI is InChI=1S/C5H6F6/c1-2-3(6)4(7,8)5(9,10)11/h3H,2H2,1H3. The summed E-state index contributed by atoms with van der Waals surface area (Å²) in [6, 6.07) is 0. The Morgan fingerprint density at radius 1 is 1.09 bits per heavy atom. The topological polar surface area (TPSA) is 0 Å². The Bertz CT molecular complexity index is 125. The van der Waals surface area contributed by atoms with Gasteiger partial charge in [-0.3, -0.25) is 0 Å². The zero-order valence-corrected chi connectivity index (χ0v) is 5.55. The average Bonchev–Trinajstić information content (AvgIpc) is 1.83. The molecular weight excluding hydrogens is 174 g/mol. The predicted octanol–water partition coefficient (Wildman–Crippen LogP) is 2.93. The van der Waals surface area contributed by atoms with E-state index in [1.807, 2.05) is 0 Å². The lowest BCUT2D eigenvalue weighted by molar-refractivity contribution is -0.303. The van der Waals surface area contributed by atoms with Gasteiger partial charge in [-0.2, -0.15) is 22.0 Å². The highest BCUT2D eigenvalue weighted by atomic mass is 19.4. The van der Waals surface area contributed by atoms with Crippen LogP contribution in [-0.2, 0) is 0 Å². The zero-order valence-electron chi connectivity index (χ0n) is 5.55. The highest BCUT2D eigenvalue weighted by Crippen LogP contribution is 2.40. The van der Waals surface area contributed by atoms with Gasteiger partial charge in [-0.05, 0) is 6.42 Å². The molecule has 0 fully saturated rings. The lowest BCUT2D eigenvalue weighted by Gasteiger charge is -2.21. The van der Waals surface area contributed by atoms with E-state index in [-0.39, 0.29) is 0 Å². The number of rotatable bonds is 2. The van der Waals surface area contributed by atoms with E-state index in [9.17, 15) is 26.3 Å². The second-order valence-corrected chi connectivity index (χ2v) is 2.00. The van der Waals surface area contributed by atoms with Crippen LogP contribution in [0.5, 0.6) is 0 Å². The average molecular weight is 180 g/mol. The molecule has 0 N–H and O–H groups in total. The van der Waals surface area contributed by atoms with Crippen molar-refractivity contribution in [3.8, 4) is 0 Å². The van der Waals surface area contributed by atoms with Gasteiger partial charge in [0.25, 0.3) is 0 Å². The summed E-state index contributed by atoms with van der Waals surface area (Å²) < 4.78 is 69.4. The van der Waals surface area contributed by atoms with Crippen molar-refractivity contribution in [2.45, 2.75) is 31.6 Å². The van der Waals surface area contributed by atoms with Crippen molar-refractivity contribution in [3.05, 3.63) is 0 Å². The Balaban J connectivity index is 4.45. The van der Waals surface area contributed by atoms with E-state index in [1.165, 1.54) is 0 Å². The van der Waals surface area contributed by atoms with Crippen LogP contribution in [0.1, 0.15) is 13.3 Å². The van der Waals surface area contributed by atoms with Gasteiger partial charge in [0.15, 0.2) is 6.17 Å². The molecule has 0 aromatic rings. The van der Waals surface area contributed by atoms with Crippen LogP contribution < -0.4 is 0 Å². The molecule has 0 amide bonds. The maximum atomic E-state index is 11.9. The lowest BCUT2D eigenvalue weighted by atomic mass is 10.1. The van der Waals surface area contributed by atoms with Gasteiger partial charge in [-0.1, -0.05) is 6.92 Å². The second kappa shape index (κ2) is 2.91. The van der Waals surface area contributed by atoms with Gasteiger partial charge in [-0.25, -0.2) is 4.39 Å². The van der Waals surface area contributed by atoms with Gasteiger partial charge in [0.2, 0.25) is 0 Å². The van der Waals surface area contributed by atoms with E-state index >= 15 is 0 Å². The van der Waals surface area contributed by atoms with E-state index in [2.05, 4.69) is 0 Å². The second-order valence-electron chi connectivity index (χ2n) is 2.00. The van der Waals surface area contributed by atoms with Crippen LogP contribution in [0.4, 0.5) is 26.3 Å². The number of hydrogen-bond donors (Lipinski definition) is 0. The molecule has 11 heavy (non-hydrogen) atoms. The fourth-order valence-electron chi connectivity index (χ4n) is 0.434. The van der Waals surface area contributed by atoms with Crippen molar-refractivity contribution < 1.29 is 26.3 Å². The fraction of sp³-hybridized carbons (Fsp3) is 1.00. The minimum absolute atomic E-state index is 0.855. The molecule has 1 atom stereocenters. The van der Waals surface area contributed by atoms with Crippen molar-refractivity contribution in [3.63, 3.8) is 0 Å². The summed E-state index contributed by atoms with van der Waals surface area (Å²) in [5, 5.41) is 0. The van der Waals surface area contributed by atoms with E-state index in [1.54, 1.807) is 0 Å². The van der Waals surface area contributed by atoms with Crippen LogP contribution in [0.2, 0.25) is 0 Å². The van der Waals surface area contributed by atoms with E-state index in [4.69, 9.17) is 0 Å². The molecule has 68 valence electrons. The first-order valence-electron chi connectivity index (χ1n) is 2.82. The van der Waals surface area contributed by atoms with Gasteiger partial charge in [-0.15, -0.1) is 0 Å². The molecular formula is C5H6F6. The molecule has 0 aliphatic rings. The molecule has 0 aromatic carbocycles. The van der Waals surface area contributed by atoms with Gasteiger partial charge in [0.1, 0.15) is 0 Å². The van der Waals surface area contributed by atoms with Gasteiger partial charge >= 0.3 is 12.1 Å². The van der Waals surface area contributed by atoms with E-state index < -0.39 is 24.7 Å². The van der Waals surface area contributed by atoms with Crippen LogP contribution in [0.25, 0.3) is 0 Å². The Kier molecular flexibility index (Phi) is 2.79. The number of hydrogen-bond acceptors (Lipinski definition) is 0. The fourth-order valence-corrected chi connectivity index (χ4v) is 0.434. The summed E-state index contributed by atoms with van der Waals surface area (Å²) in [5.74, 6) is -5.22. The molecule has 0 bridgehead atoms. The van der Waals surface area contributed by atoms with Crippen LogP contribution >= 0.6 is 0 Å². The Labute approximate surface area is 59.2 Å². The molecule has 0 saturated heterocycles. The Morgan fingerprint density at radius 2 is 1.45 bits per heavy atom.